The third-order valence-electron chi connectivity index (χ3n) is 2.51. The predicted molar refractivity (Wildman–Crippen MR) is 66.3 cm³/mol. The van der Waals surface area contributed by atoms with Gasteiger partial charge in [-0.2, -0.15) is 0 Å². The quantitative estimate of drug-likeness (QED) is 0.910. The van der Waals surface area contributed by atoms with Crippen molar-refractivity contribution in [3.63, 3.8) is 0 Å². The Labute approximate surface area is 105 Å². The molecule has 2 rings (SSSR count). The highest BCUT2D eigenvalue weighted by atomic mass is 35.5. The van der Waals surface area contributed by atoms with Crippen molar-refractivity contribution in [2.75, 3.05) is 7.11 Å². The molecule has 0 aliphatic carbocycles. The van der Waals surface area contributed by atoms with Gasteiger partial charge >= 0.3 is 0 Å². The second kappa shape index (κ2) is 5.17. The van der Waals surface area contributed by atoms with Crippen molar-refractivity contribution in [3.8, 4) is 5.75 Å². The first kappa shape index (κ1) is 11.9. The van der Waals surface area contributed by atoms with Crippen LogP contribution in [-0.4, -0.2) is 17.2 Å². The van der Waals surface area contributed by atoms with E-state index in [4.69, 9.17) is 16.3 Å². The van der Waals surface area contributed by atoms with Crippen molar-refractivity contribution < 1.29 is 9.84 Å². The minimum atomic E-state index is -0.777. The SMILES string of the molecule is COc1cccc(C(O)c2ccncc2Cl)c1. The summed E-state index contributed by atoms with van der Waals surface area (Å²) >= 11 is 5.99. The molecular formula is C13H12ClNO2. The first-order chi connectivity index (χ1) is 8.22. The molecule has 1 heterocycles. The zero-order valence-corrected chi connectivity index (χ0v) is 10.1. The minimum Gasteiger partial charge on any atom is -0.497 e. The van der Waals surface area contributed by atoms with E-state index in [0.717, 1.165) is 5.56 Å². The second-order valence-electron chi connectivity index (χ2n) is 3.58. The maximum atomic E-state index is 10.2. The highest BCUT2D eigenvalue weighted by molar-refractivity contribution is 6.31. The molecule has 0 aliphatic heterocycles. The van der Waals surface area contributed by atoms with Crippen LogP contribution in [0, 0.1) is 0 Å². The minimum absolute atomic E-state index is 0.447. The van der Waals surface area contributed by atoms with Gasteiger partial charge in [-0.15, -0.1) is 0 Å². The van der Waals surface area contributed by atoms with Crippen LogP contribution in [0.25, 0.3) is 0 Å². The van der Waals surface area contributed by atoms with E-state index < -0.39 is 6.10 Å². The number of nitrogens with zero attached hydrogens (tertiary/aromatic N) is 1. The summed E-state index contributed by atoms with van der Waals surface area (Å²) in [6.07, 6.45) is 2.34. The molecule has 2 aromatic rings. The molecule has 0 aliphatic rings. The number of aliphatic hydroxyl groups excluding tert-OH is 1. The molecule has 1 N–H and O–H groups in total. The summed E-state index contributed by atoms with van der Waals surface area (Å²) in [7, 11) is 1.59. The van der Waals surface area contributed by atoms with Crippen LogP contribution in [-0.2, 0) is 0 Å². The van der Waals surface area contributed by atoms with Crippen LogP contribution in [0.1, 0.15) is 17.2 Å². The predicted octanol–water partition coefficient (Wildman–Crippen LogP) is 2.83. The van der Waals surface area contributed by atoms with Gasteiger partial charge in [0, 0.05) is 18.0 Å². The topological polar surface area (TPSA) is 42.4 Å². The highest BCUT2D eigenvalue weighted by Crippen LogP contribution is 2.28. The molecule has 0 saturated carbocycles. The smallest absolute Gasteiger partial charge is 0.119 e. The van der Waals surface area contributed by atoms with E-state index in [2.05, 4.69) is 4.98 Å². The number of benzene rings is 1. The number of rotatable bonds is 3. The maximum absolute atomic E-state index is 10.2. The molecule has 88 valence electrons. The van der Waals surface area contributed by atoms with Crippen LogP contribution in [0.15, 0.2) is 42.7 Å². The Balaban J connectivity index is 2.37. The van der Waals surface area contributed by atoms with Crippen molar-refractivity contribution in [1.82, 2.24) is 4.98 Å². The molecule has 0 radical (unpaired) electrons. The Kier molecular flexibility index (Phi) is 3.61. The van der Waals surface area contributed by atoms with E-state index >= 15 is 0 Å². The second-order valence-corrected chi connectivity index (χ2v) is 3.98. The lowest BCUT2D eigenvalue weighted by Crippen LogP contribution is -2.01. The largest absolute Gasteiger partial charge is 0.497 e. The van der Waals surface area contributed by atoms with Crippen LogP contribution in [0.4, 0.5) is 0 Å². The average Bonchev–Trinajstić information content (AvgIpc) is 2.38. The Morgan fingerprint density at radius 3 is 2.88 bits per heavy atom. The molecule has 1 aromatic heterocycles. The van der Waals surface area contributed by atoms with E-state index in [0.29, 0.717) is 16.3 Å². The highest BCUT2D eigenvalue weighted by Gasteiger charge is 2.14. The Bertz CT molecular complexity index is 516. The number of hydrogen-bond acceptors (Lipinski definition) is 3. The van der Waals surface area contributed by atoms with Gasteiger partial charge in [-0.1, -0.05) is 23.7 Å². The molecule has 0 bridgehead atoms. The third-order valence-corrected chi connectivity index (χ3v) is 2.82. The zero-order valence-electron chi connectivity index (χ0n) is 9.30. The Morgan fingerprint density at radius 1 is 1.35 bits per heavy atom. The fourth-order valence-corrected chi connectivity index (χ4v) is 1.82. The van der Waals surface area contributed by atoms with Gasteiger partial charge in [0.2, 0.25) is 0 Å². The molecule has 0 spiro atoms. The fourth-order valence-electron chi connectivity index (χ4n) is 1.60. The number of aromatic nitrogens is 1. The van der Waals surface area contributed by atoms with Crippen molar-refractivity contribution in [1.29, 1.82) is 0 Å². The number of ether oxygens (including phenoxy) is 1. The monoisotopic (exact) mass is 249 g/mol. The van der Waals surface area contributed by atoms with E-state index in [1.54, 1.807) is 25.4 Å². The molecule has 1 aromatic carbocycles. The molecular weight excluding hydrogens is 238 g/mol. The van der Waals surface area contributed by atoms with E-state index in [1.807, 2.05) is 18.2 Å². The summed E-state index contributed by atoms with van der Waals surface area (Å²) in [4.78, 5) is 3.89. The van der Waals surface area contributed by atoms with Gasteiger partial charge in [-0.3, -0.25) is 4.98 Å². The van der Waals surface area contributed by atoms with E-state index in [-0.39, 0.29) is 0 Å². The standard InChI is InChI=1S/C13H12ClNO2/c1-17-10-4-2-3-9(7-10)13(16)11-5-6-15-8-12(11)14/h2-8,13,16H,1H3. The summed E-state index contributed by atoms with van der Waals surface area (Å²) in [5.41, 5.74) is 1.37. The average molecular weight is 250 g/mol. The van der Waals surface area contributed by atoms with Gasteiger partial charge in [0.15, 0.2) is 0 Å². The number of aliphatic hydroxyl groups is 1. The summed E-state index contributed by atoms with van der Waals surface area (Å²) in [6.45, 7) is 0. The summed E-state index contributed by atoms with van der Waals surface area (Å²) < 4.78 is 5.11. The first-order valence-electron chi connectivity index (χ1n) is 5.14. The van der Waals surface area contributed by atoms with E-state index in [1.165, 1.54) is 6.20 Å². The van der Waals surface area contributed by atoms with Gasteiger partial charge in [-0.05, 0) is 23.8 Å². The summed E-state index contributed by atoms with van der Waals surface area (Å²) in [6, 6.07) is 8.95. The number of pyridine rings is 1. The van der Waals surface area contributed by atoms with Crippen molar-refractivity contribution in [2.24, 2.45) is 0 Å². The first-order valence-corrected chi connectivity index (χ1v) is 5.51. The van der Waals surface area contributed by atoms with Gasteiger partial charge in [0.25, 0.3) is 0 Å². The van der Waals surface area contributed by atoms with E-state index in [9.17, 15) is 5.11 Å². The van der Waals surface area contributed by atoms with Crippen molar-refractivity contribution in [3.05, 3.63) is 58.9 Å². The van der Waals surface area contributed by atoms with Crippen molar-refractivity contribution >= 4 is 11.6 Å². The van der Waals surface area contributed by atoms with Crippen LogP contribution in [0.5, 0.6) is 5.75 Å². The molecule has 1 atom stereocenters. The molecule has 17 heavy (non-hydrogen) atoms. The number of methoxy groups -OCH3 is 1. The lowest BCUT2D eigenvalue weighted by atomic mass is 10.0. The molecule has 0 fully saturated rings. The molecule has 0 amide bonds. The van der Waals surface area contributed by atoms with Gasteiger partial charge in [0.1, 0.15) is 11.9 Å². The van der Waals surface area contributed by atoms with Crippen LogP contribution < -0.4 is 4.74 Å². The Hall–Kier alpha value is -1.58. The lowest BCUT2D eigenvalue weighted by molar-refractivity contribution is 0.220. The Morgan fingerprint density at radius 2 is 2.18 bits per heavy atom. The van der Waals surface area contributed by atoms with Crippen LogP contribution in [0.2, 0.25) is 5.02 Å². The summed E-state index contributed by atoms with van der Waals surface area (Å²) in [5.74, 6) is 0.701. The van der Waals surface area contributed by atoms with Gasteiger partial charge < -0.3 is 9.84 Å². The van der Waals surface area contributed by atoms with Crippen LogP contribution >= 0.6 is 11.6 Å². The molecule has 1 unspecified atom stereocenters. The van der Waals surface area contributed by atoms with Gasteiger partial charge in [0.05, 0.1) is 12.1 Å². The normalized spacial score (nSPS) is 12.2. The molecule has 4 heteroatoms. The molecule has 0 saturated heterocycles. The summed E-state index contributed by atoms with van der Waals surface area (Å²) in [5, 5.41) is 10.7. The number of halogens is 1. The lowest BCUT2D eigenvalue weighted by Gasteiger charge is -2.13. The molecule has 3 nitrogen and oxygen atoms in total. The maximum Gasteiger partial charge on any atom is 0.119 e. The van der Waals surface area contributed by atoms with Crippen molar-refractivity contribution in [2.45, 2.75) is 6.10 Å². The van der Waals surface area contributed by atoms with Gasteiger partial charge in [-0.25, -0.2) is 0 Å². The fraction of sp³-hybridized carbons (Fsp3) is 0.154. The zero-order chi connectivity index (χ0) is 12.3. The third kappa shape index (κ3) is 2.57. The van der Waals surface area contributed by atoms with Crippen LogP contribution in [0.3, 0.4) is 0 Å². The number of hydrogen-bond donors (Lipinski definition) is 1.